The third-order valence-electron chi connectivity index (χ3n) is 2.88. The first kappa shape index (κ1) is 18.4. The highest BCUT2D eigenvalue weighted by Crippen LogP contribution is 2.04. The standard InChI is InChI=1S/C13H25N3O4/c1-8(2)11(13(19)20)16-12(18)10(14)6-4-5-7-15-9(3)17/h8,10-11H,4-7,14H2,1-3H3,(H,15,17)(H,16,18)(H,19,20)/t10-,11-/m0/s1. The molecule has 0 bridgehead atoms. The number of carboxylic acids is 1. The summed E-state index contributed by atoms with van der Waals surface area (Å²) in [5.74, 6) is -1.81. The van der Waals surface area contributed by atoms with E-state index in [9.17, 15) is 14.4 Å². The molecule has 0 heterocycles. The molecule has 116 valence electrons. The van der Waals surface area contributed by atoms with Crippen LogP contribution in [0.25, 0.3) is 0 Å². The smallest absolute Gasteiger partial charge is 0.326 e. The Labute approximate surface area is 119 Å². The summed E-state index contributed by atoms with van der Waals surface area (Å²) in [7, 11) is 0. The van der Waals surface area contributed by atoms with Gasteiger partial charge in [0, 0.05) is 13.5 Å². The predicted octanol–water partition coefficient (Wildman–Crippen LogP) is -0.154. The molecule has 0 aromatic heterocycles. The van der Waals surface area contributed by atoms with E-state index in [4.69, 9.17) is 10.8 Å². The van der Waals surface area contributed by atoms with Crippen LogP contribution in [-0.2, 0) is 14.4 Å². The van der Waals surface area contributed by atoms with Gasteiger partial charge in [-0.3, -0.25) is 9.59 Å². The highest BCUT2D eigenvalue weighted by atomic mass is 16.4. The van der Waals surface area contributed by atoms with Crippen LogP contribution in [0, 0.1) is 5.92 Å². The van der Waals surface area contributed by atoms with E-state index < -0.39 is 24.0 Å². The van der Waals surface area contributed by atoms with Crippen LogP contribution in [0.1, 0.15) is 40.0 Å². The van der Waals surface area contributed by atoms with Crippen molar-refractivity contribution in [3.05, 3.63) is 0 Å². The van der Waals surface area contributed by atoms with E-state index in [1.54, 1.807) is 13.8 Å². The molecular weight excluding hydrogens is 262 g/mol. The zero-order chi connectivity index (χ0) is 15.7. The Bertz CT molecular complexity index is 345. The highest BCUT2D eigenvalue weighted by molar-refractivity contribution is 5.86. The van der Waals surface area contributed by atoms with Gasteiger partial charge in [0.25, 0.3) is 0 Å². The lowest BCUT2D eigenvalue weighted by atomic mass is 10.0. The quantitative estimate of drug-likeness (QED) is 0.439. The van der Waals surface area contributed by atoms with Crippen molar-refractivity contribution < 1.29 is 19.5 Å². The summed E-state index contributed by atoms with van der Waals surface area (Å²) < 4.78 is 0. The molecule has 0 spiro atoms. The van der Waals surface area contributed by atoms with E-state index in [0.717, 1.165) is 6.42 Å². The molecule has 5 N–H and O–H groups in total. The van der Waals surface area contributed by atoms with Crippen molar-refractivity contribution >= 4 is 17.8 Å². The van der Waals surface area contributed by atoms with Gasteiger partial charge in [-0.1, -0.05) is 13.8 Å². The van der Waals surface area contributed by atoms with Crippen molar-refractivity contribution in [1.29, 1.82) is 0 Å². The number of nitrogens with one attached hydrogen (secondary N) is 2. The maximum Gasteiger partial charge on any atom is 0.326 e. The Morgan fingerprint density at radius 2 is 1.80 bits per heavy atom. The van der Waals surface area contributed by atoms with Crippen molar-refractivity contribution in [2.24, 2.45) is 11.7 Å². The van der Waals surface area contributed by atoms with E-state index >= 15 is 0 Å². The van der Waals surface area contributed by atoms with E-state index in [0.29, 0.717) is 19.4 Å². The number of carboxylic acid groups (broad SMARTS) is 1. The molecule has 7 heteroatoms. The molecule has 0 aliphatic rings. The lowest BCUT2D eigenvalue weighted by molar-refractivity contribution is -0.143. The summed E-state index contributed by atoms with van der Waals surface area (Å²) in [6.07, 6.45) is 1.87. The number of nitrogens with two attached hydrogens (primary N) is 1. The highest BCUT2D eigenvalue weighted by Gasteiger charge is 2.25. The molecule has 0 saturated carbocycles. The molecule has 0 fully saturated rings. The largest absolute Gasteiger partial charge is 0.480 e. The van der Waals surface area contributed by atoms with Gasteiger partial charge in [-0.15, -0.1) is 0 Å². The zero-order valence-corrected chi connectivity index (χ0v) is 12.3. The molecule has 2 amide bonds. The number of aliphatic carboxylic acids is 1. The Morgan fingerprint density at radius 3 is 2.25 bits per heavy atom. The van der Waals surface area contributed by atoms with Crippen LogP contribution in [0.2, 0.25) is 0 Å². The molecule has 0 rings (SSSR count). The van der Waals surface area contributed by atoms with Gasteiger partial charge >= 0.3 is 5.97 Å². The van der Waals surface area contributed by atoms with Crippen molar-refractivity contribution in [3.8, 4) is 0 Å². The third kappa shape index (κ3) is 7.73. The lowest BCUT2D eigenvalue weighted by Crippen LogP contribution is -2.50. The van der Waals surface area contributed by atoms with Gasteiger partial charge in [0.05, 0.1) is 6.04 Å². The molecule has 2 atom stereocenters. The number of unbranched alkanes of at least 4 members (excludes halogenated alkanes) is 1. The average Bonchev–Trinajstić information content (AvgIpc) is 2.33. The molecule has 0 aliphatic carbocycles. The molecule has 0 aliphatic heterocycles. The van der Waals surface area contributed by atoms with E-state index in [-0.39, 0.29) is 11.8 Å². The minimum Gasteiger partial charge on any atom is -0.480 e. The SMILES string of the molecule is CC(=O)NCCCC[C@H](N)C(=O)N[C@H](C(=O)O)C(C)C. The zero-order valence-electron chi connectivity index (χ0n) is 12.3. The first-order chi connectivity index (χ1) is 9.25. The van der Waals surface area contributed by atoms with Crippen LogP contribution in [0.3, 0.4) is 0 Å². The normalized spacial score (nSPS) is 13.7. The van der Waals surface area contributed by atoms with Crippen LogP contribution in [-0.4, -0.2) is 41.5 Å². The summed E-state index contributed by atoms with van der Waals surface area (Å²) in [5, 5.41) is 14.1. The summed E-state index contributed by atoms with van der Waals surface area (Å²) in [6, 6.07) is -1.65. The van der Waals surface area contributed by atoms with Crippen molar-refractivity contribution in [2.45, 2.75) is 52.1 Å². The molecule has 0 aromatic carbocycles. The van der Waals surface area contributed by atoms with Gasteiger partial charge in [0.15, 0.2) is 0 Å². The summed E-state index contributed by atoms with van der Waals surface area (Å²) in [6.45, 7) is 5.43. The molecule has 0 radical (unpaired) electrons. The Hall–Kier alpha value is -1.63. The first-order valence-electron chi connectivity index (χ1n) is 6.79. The number of amides is 2. The first-order valence-corrected chi connectivity index (χ1v) is 6.79. The Balaban J connectivity index is 4.02. The van der Waals surface area contributed by atoms with Crippen LogP contribution in [0.4, 0.5) is 0 Å². The van der Waals surface area contributed by atoms with Crippen LogP contribution in [0.15, 0.2) is 0 Å². The number of carbonyl (C=O) groups excluding carboxylic acids is 2. The molecule has 0 saturated heterocycles. The van der Waals surface area contributed by atoms with E-state index in [1.165, 1.54) is 6.92 Å². The Morgan fingerprint density at radius 1 is 1.20 bits per heavy atom. The minimum absolute atomic E-state index is 0.0896. The number of hydrogen-bond acceptors (Lipinski definition) is 4. The maximum absolute atomic E-state index is 11.8. The summed E-state index contributed by atoms with van der Waals surface area (Å²) >= 11 is 0. The minimum atomic E-state index is -1.06. The van der Waals surface area contributed by atoms with Gasteiger partial charge in [-0.05, 0) is 25.2 Å². The maximum atomic E-state index is 11.8. The number of hydrogen-bond donors (Lipinski definition) is 4. The topological polar surface area (TPSA) is 122 Å². The van der Waals surface area contributed by atoms with Crippen LogP contribution < -0.4 is 16.4 Å². The summed E-state index contributed by atoms with van der Waals surface area (Å²) in [5.41, 5.74) is 5.72. The monoisotopic (exact) mass is 287 g/mol. The van der Waals surface area contributed by atoms with Gasteiger partial charge in [0.2, 0.25) is 11.8 Å². The third-order valence-corrected chi connectivity index (χ3v) is 2.88. The van der Waals surface area contributed by atoms with E-state index in [2.05, 4.69) is 10.6 Å². The predicted molar refractivity (Wildman–Crippen MR) is 74.9 cm³/mol. The fraction of sp³-hybridized carbons (Fsp3) is 0.769. The fourth-order valence-corrected chi connectivity index (χ4v) is 1.66. The van der Waals surface area contributed by atoms with Crippen LogP contribution in [0.5, 0.6) is 0 Å². The number of rotatable bonds is 9. The molecular formula is C13H25N3O4. The van der Waals surface area contributed by atoms with Gasteiger partial charge < -0.3 is 21.5 Å². The van der Waals surface area contributed by atoms with Gasteiger partial charge in [0.1, 0.15) is 6.04 Å². The van der Waals surface area contributed by atoms with Crippen molar-refractivity contribution in [2.75, 3.05) is 6.54 Å². The lowest BCUT2D eigenvalue weighted by Gasteiger charge is -2.20. The van der Waals surface area contributed by atoms with Crippen molar-refractivity contribution in [3.63, 3.8) is 0 Å². The average molecular weight is 287 g/mol. The Kier molecular flexibility index (Phi) is 8.54. The molecule has 0 aromatic rings. The second kappa shape index (κ2) is 9.30. The summed E-state index contributed by atoms with van der Waals surface area (Å²) in [4.78, 5) is 33.4. The van der Waals surface area contributed by atoms with E-state index in [1.807, 2.05) is 0 Å². The number of carbonyl (C=O) groups is 3. The molecule has 20 heavy (non-hydrogen) atoms. The van der Waals surface area contributed by atoms with Gasteiger partial charge in [-0.2, -0.15) is 0 Å². The molecule has 7 nitrogen and oxygen atoms in total. The molecule has 0 unspecified atom stereocenters. The second-order valence-electron chi connectivity index (χ2n) is 5.15. The fourth-order valence-electron chi connectivity index (χ4n) is 1.66. The van der Waals surface area contributed by atoms with Crippen molar-refractivity contribution in [1.82, 2.24) is 10.6 Å². The second-order valence-corrected chi connectivity index (χ2v) is 5.15. The van der Waals surface area contributed by atoms with Crippen LogP contribution >= 0.6 is 0 Å². The van der Waals surface area contributed by atoms with Gasteiger partial charge in [-0.25, -0.2) is 4.79 Å².